The third kappa shape index (κ3) is 8.95. The van der Waals surface area contributed by atoms with Crippen molar-refractivity contribution in [1.29, 1.82) is 0 Å². The SMILES string of the molecule is C=C.CCOC(C)OCC.O=C1CN(CCCN2CCN(c3ncccn3)CC2)S(=O)(=O)c2ccccc21. The van der Waals surface area contributed by atoms with Crippen LogP contribution < -0.4 is 4.90 Å². The molecule has 11 heteroatoms. The molecule has 0 spiro atoms. The van der Waals surface area contributed by atoms with E-state index in [1.807, 2.05) is 20.8 Å². The first-order chi connectivity index (χ1) is 18.4. The second-order valence-electron chi connectivity index (χ2n) is 8.47. The smallest absolute Gasteiger partial charge is 0.244 e. The van der Waals surface area contributed by atoms with Gasteiger partial charge in [-0.1, -0.05) is 12.1 Å². The molecule has 0 unspecified atom stereocenters. The number of nitrogens with zero attached hydrogens (tertiary/aromatic N) is 5. The monoisotopic (exact) mass is 547 g/mol. The molecule has 2 aliphatic rings. The molecule has 1 aromatic carbocycles. The maximum Gasteiger partial charge on any atom is 0.244 e. The van der Waals surface area contributed by atoms with Gasteiger partial charge in [0.2, 0.25) is 16.0 Å². The van der Waals surface area contributed by atoms with E-state index in [4.69, 9.17) is 9.47 Å². The topological polar surface area (TPSA) is 105 Å². The molecule has 0 atom stereocenters. The van der Waals surface area contributed by atoms with Crippen LogP contribution in [0.2, 0.25) is 0 Å². The summed E-state index contributed by atoms with van der Waals surface area (Å²) in [5.41, 5.74) is 0.304. The number of rotatable bonds is 9. The Morgan fingerprint density at radius 3 is 2.16 bits per heavy atom. The van der Waals surface area contributed by atoms with E-state index in [0.717, 1.165) is 51.9 Å². The van der Waals surface area contributed by atoms with Crippen LogP contribution in [0.4, 0.5) is 5.95 Å². The molecule has 0 amide bonds. The zero-order valence-corrected chi connectivity index (χ0v) is 23.6. The molecule has 0 N–H and O–H groups in total. The molecule has 0 aliphatic carbocycles. The lowest BCUT2D eigenvalue weighted by atomic mass is 10.1. The van der Waals surface area contributed by atoms with Gasteiger partial charge in [-0.05, 0) is 51.9 Å². The van der Waals surface area contributed by atoms with Gasteiger partial charge in [0.25, 0.3) is 0 Å². The number of carbonyl (C=O) groups is 1. The largest absolute Gasteiger partial charge is 0.353 e. The summed E-state index contributed by atoms with van der Waals surface area (Å²) >= 11 is 0. The summed E-state index contributed by atoms with van der Waals surface area (Å²) in [5, 5.41) is 0. The lowest BCUT2D eigenvalue weighted by Gasteiger charge is -2.35. The summed E-state index contributed by atoms with van der Waals surface area (Å²) in [6.45, 7) is 17.8. The number of hydrogen-bond donors (Lipinski definition) is 0. The molecule has 1 saturated heterocycles. The summed E-state index contributed by atoms with van der Waals surface area (Å²) in [5.74, 6) is 0.612. The molecular formula is C27H41N5O5S. The normalized spacial score (nSPS) is 17.2. The van der Waals surface area contributed by atoms with Crippen LogP contribution in [0.3, 0.4) is 0 Å². The molecule has 10 nitrogen and oxygen atoms in total. The third-order valence-corrected chi connectivity index (χ3v) is 7.92. The highest BCUT2D eigenvalue weighted by molar-refractivity contribution is 7.89. The molecule has 2 aromatic rings. The van der Waals surface area contributed by atoms with Gasteiger partial charge in [0.15, 0.2) is 12.1 Å². The van der Waals surface area contributed by atoms with Crippen molar-refractivity contribution >= 4 is 21.8 Å². The van der Waals surface area contributed by atoms with Crippen molar-refractivity contribution in [2.75, 3.05) is 63.9 Å². The number of ether oxygens (including phenoxy) is 2. The molecule has 3 heterocycles. The fourth-order valence-corrected chi connectivity index (χ4v) is 5.85. The minimum absolute atomic E-state index is 0.0370. The lowest BCUT2D eigenvalue weighted by Crippen LogP contribution is -2.48. The van der Waals surface area contributed by atoms with E-state index in [9.17, 15) is 13.2 Å². The first kappa shape index (κ1) is 31.5. The van der Waals surface area contributed by atoms with Crippen molar-refractivity contribution in [2.24, 2.45) is 0 Å². The van der Waals surface area contributed by atoms with Crippen LogP contribution in [-0.2, 0) is 19.5 Å². The van der Waals surface area contributed by atoms with Gasteiger partial charge in [-0.25, -0.2) is 18.4 Å². The van der Waals surface area contributed by atoms with Crippen LogP contribution in [-0.4, -0.2) is 98.7 Å². The molecule has 0 saturated carbocycles. The van der Waals surface area contributed by atoms with Crippen molar-refractivity contribution < 1.29 is 22.7 Å². The van der Waals surface area contributed by atoms with E-state index in [1.165, 1.54) is 10.4 Å². The van der Waals surface area contributed by atoms with Crippen molar-refractivity contribution in [2.45, 2.75) is 38.4 Å². The average molecular weight is 548 g/mol. The Morgan fingerprint density at radius 1 is 0.947 bits per heavy atom. The van der Waals surface area contributed by atoms with Crippen LogP contribution in [0.5, 0.6) is 0 Å². The number of aromatic nitrogens is 2. The number of hydrogen-bond acceptors (Lipinski definition) is 9. The number of benzene rings is 1. The Balaban J connectivity index is 0.000000437. The standard InChI is InChI=1S/C19H23N5O3S.C6H14O2.C2H4/c25-17-15-24(28(26,27)18-6-2-1-5-16(17)18)10-4-9-22-11-13-23(14-12-22)19-20-7-3-8-21-19;1-4-7-6(3)8-5-2;1-2/h1-3,5-8H,4,9-15H2;6H,4-5H2,1-3H3;1-2H2. The molecule has 0 bridgehead atoms. The number of anilines is 1. The summed E-state index contributed by atoms with van der Waals surface area (Å²) in [7, 11) is -3.59. The van der Waals surface area contributed by atoms with Crippen molar-refractivity contribution in [3.63, 3.8) is 0 Å². The second-order valence-corrected chi connectivity index (χ2v) is 10.4. The Morgan fingerprint density at radius 2 is 1.55 bits per heavy atom. The number of sulfonamides is 1. The quantitative estimate of drug-likeness (QED) is 0.346. The van der Waals surface area contributed by atoms with Crippen molar-refractivity contribution in [3.05, 3.63) is 61.4 Å². The minimum Gasteiger partial charge on any atom is -0.353 e. The Hall–Kier alpha value is -2.70. The Bertz CT molecular complexity index is 1070. The van der Waals surface area contributed by atoms with E-state index in [0.29, 0.717) is 18.5 Å². The van der Waals surface area contributed by atoms with E-state index < -0.39 is 10.0 Å². The van der Waals surface area contributed by atoms with Crippen LogP contribution in [0.15, 0.2) is 60.8 Å². The van der Waals surface area contributed by atoms with E-state index >= 15 is 0 Å². The summed E-state index contributed by atoms with van der Waals surface area (Å²) in [4.78, 5) is 25.4. The fourth-order valence-electron chi connectivity index (χ4n) is 4.20. The summed E-state index contributed by atoms with van der Waals surface area (Å²) in [6.07, 6.45) is 4.14. The van der Waals surface area contributed by atoms with Gasteiger partial charge in [-0.3, -0.25) is 9.69 Å². The van der Waals surface area contributed by atoms with Gasteiger partial charge >= 0.3 is 0 Å². The second kappa shape index (κ2) is 16.3. The highest BCUT2D eigenvalue weighted by Gasteiger charge is 2.35. The summed E-state index contributed by atoms with van der Waals surface area (Å²) in [6, 6.07) is 8.25. The van der Waals surface area contributed by atoms with Gasteiger partial charge < -0.3 is 14.4 Å². The zero-order valence-electron chi connectivity index (χ0n) is 22.8. The van der Waals surface area contributed by atoms with Crippen LogP contribution in [0.1, 0.15) is 37.6 Å². The maximum atomic E-state index is 12.8. The molecule has 1 aromatic heterocycles. The molecule has 2 aliphatic heterocycles. The van der Waals surface area contributed by atoms with Crippen LogP contribution in [0.25, 0.3) is 0 Å². The first-order valence-corrected chi connectivity index (χ1v) is 14.4. The van der Waals surface area contributed by atoms with Crippen LogP contribution in [0, 0.1) is 0 Å². The summed E-state index contributed by atoms with van der Waals surface area (Å²) < 4.78 is 37.0. The Kier molecular flexibility index (Phi) is 13.5. The highest BCUT2D eigenvalue weighted by Crippen LogP contribution is 2.26. The number of Topliss-reactive ketones (excluding diaryl/α,β-unsaturated/α-hetero) is 1. The lowest BCUT2D eigenvalue weighted by molar-refractivity contribution is -0.123. The molecule has 38 heavy (non-hydrogen) atoms. The van der Waals surface area contributed by atoms with Crippen LogP contribution >= 0.6 is 0 Å². The Labute approximate surface area is 227 Å². The molecule has 1 fully saturated rings. The van der Waals surface area contributed by atoms with Gasteiger partial charge in [0.05, 0.1) is 11.4 Å². The van der Waals surface area contributed by atoms with Gasteiger partial charge in [0.1, 0.15) is 0 Å². The zero-order chi connectivity index (χ0) is 28.0. The predicted molar refractivity (Wildman–Crippen MR) is 149 cm³/mol. The molecule has 210 valence electrons. The minimum atomic E-state index is -3.59. The number of ketones is 1. The third-order valence-electron chi connectivity index (χ3n) is 6.02. The molecular weight excluding hydrogens is 506 g/mol. The molecule has 0 radical (unpaired) electrons. The maximum absolute atomic E-state index is 12.8. The fraction of sp³-hybridized carbons (Fsp3) is 0.519. The van der Waals surface area contributed by atoms with Gasteiger partial charge in [-0.15, -0.1) is 13.2 Å². The van der Waals surface area contributed by atoms with E-state index in [2.05, 4.69) is 32.9 Å². The predicted octanol–water partition coefficient (Wildman–Crippen LogP) is 3.08. The van der Waals surface area contributed by atoms with Gasteiger partial charge in [-0.2, -0.15) is 4.31 Å². The van der Waals surface area contributed by atoms with E-state index in [1.54, 1.807) is 36.7 Å². The number of fused-ring (bicyclic) bond motifs is 1. The van der Waals surface area contributed by atoms with Crippen molar-refractivity contribution in [3.8, 4) is 0 Å². The first-order valence-electron chi connectivity index (χ1n) is 13.0. The van der Waals surface area contributed by atoms with E-state index in [-0.39, 0.29) is 23.5 Å². The number of piperazine rings is 1. The van der Waals surface area contributed by atoms with Gasteiger partial charge in [0, 0.05) is 63.9 Å². The van der Waals surface area contributed by atoms with Crippen molar-refractivity contribution in [1.82, 2.24) is 19.2 Å². The highest BCUT2D eigenvalue weighted by atomic mass is 32.2. The number of carbonyl (C=O) groups excluding carboxylic acids is 1. The molecule has 4 rings (SSSR count). The average Bonchev–Trinajstić information content (AvgIpc) is 2.94.